The maximum Gasteiger partial charge on any atom is 0.339 e. The fourth-order valence-corrected chi connectivity index (χ4v) is 1.04. The Bertz CT molecular complexity index is 366. The molecule has 0 aliphatic rings. The highest BCUT2D eigenvalue weighted by Crippen LogP contribution is 2.13. The van der Waals surface area contributed by atoms with E-state index >= 15 is 0 Å². The Kier molecular flexibility index (Phi) is 3.60. The van der Waals surface area contributed by atoms with Crippen LogP contribution in [0, 0.1) is 11.7 Å². The third-order valence-corrected chi connectivity index (χ3v) is 1.76. The third-order valence-electron chi connectivity index (χ3n) is 1.76. The lowest BCUT2D eigenvalue weighted by Gasteiger charge is -2.10. The van der Waals surface area contributed by atoms with Crippen molar-refractivity contribution >= 4 is 11.8 Å². The summed E-state index contributed by atoms with van der Waals surface area (Å²) < 4.78 is 12.8. The van der Waals surface area contributed by atoms with Crippen LogP contribution in [-0.2, 0) is 0 Å². The Morgan fingerprint density at radius 1 is 1.67 bits per heavy atom. The van der Waals surface area contributed by atoms with E-state index in [0.717, 1.165) is 12.3 Å². The molecule has 1 aromatic rings. The van der Waals surface area contributed by atoms with E-state index in [1.165, 1.54) is 0 Å². The minimum absolute atomic E-state index is 0.143. The van der Waals surface area contributed by atoms with Crippen molar-refractivity contribution in [3.63, 3.8) is 0 Å². The summed E-state index contributed by atoms with van der Waals surface area (Å²) in [6.45, 7) is 4.56. The molecule has 82 valence electrons. The van der Waals surface area contributed by atoms with Gasteiger partial charge < -0.3 is 10.4 Å². The van der Waals surface area contributed by atoms with Gasteiger partial charge in [-0.25, -0.2) is 14.2 Å². The van der Waals surface area contributed by atoms with E-state index in [2.05, 4.69) is 10.3 Å². The van der Waals surface area contributed by atoms with Gasteiger partial charge in [-0.1, -0.05) is 13.8 Å². The summed E-state index contributed by atoms with van der Waals surface area (Å²) in [5.74, 6) is -1.27. The second-order valence-electron chi connectivity index (χ2n) is 3.63. The van der Waals surface area contributed by atoms with Gasteiger partial charge in [-0.2, -0.15) is 0 Å². The summed E-state index contributed by atoms with van der Waals surface area (Å²) >= 11 is 0. The molecule has 1 heterocycles. The van der Waals surface area contributed by atoms with E-state index in [-0.39, 0.29) is 11.4 Å². The molecule has 0 amide bonds. The van der Waals surface area contributed by atoms with Crippen LogP contribution in [0.15, 0.2) is 12.3 Å². The molecule has 0 atom stereocenters. The predicted molar refractivity (Wildman–Crippen MR) is 54.5 cm³/mol. The molecule has 0 bridgehead atoms. The standard InChI is InChI=1S/C10H13FN2O2/c1-6(2)4-12-9-8(10(14)15)3-7(11)5-13-9/h3,5-6H,4H2,1-2H3,(H,12,13)(H,14,15). The number of carbonyl (C=O) groups is 1. The maximum atomic E-state index is 12.8. The second kappa shape index (κ2) is 4.72. The summed E-state index contributed by atoms with van der Waals surface area (Å²) in [6, 6.07) is 0.956. The number of aromatic carboxylic acids is 1. The molecule has 0 spiro atoms. The molecule has 0 aliphatic heterocycles. The Labute approximate surface area is 87.1 Å². The first kappa shape index (κ1) is 11.4. The highest BCUT2D eigenvalue weighted by atomic mass is 19.1. The normalized spacial score (nSPS) is 10.4. The Balaban J connectivity index is 2.91. The highest BCUT2D eigenvalue weighted by Gasteiger charge is 2.12. The molecule has 0 saturated heterocycles. The van der Waals surface area contributed by atoms with E-state index in [0.29, 0.717) is 12.5 Å². The van der Waals surface area contributed by atoms with E-state index in [1.54, 1.807) is 0 Å². The summed E-state index contributed by atoms with van der Waals surface area (Å²) in [4.78, 5) is 14.5. The van der Waals surface area contributed by atoms with Crippen LogP contribution >= 0.6 is 0 Å². The zero-order chi connectivity index (χ0) is 11.4. The number of pyridine rings is 1. The second-order valence-corrected chi connectivity index (χ2v) is 3.63. The van der Waals surface area contributed by atoms with E-state index in [1.807, 2.05) is 13.8 Å². The zero-order valence-electron chi connectivity index (χ0n) is 8.62. The van der Waals surface area contributed by atoms with Crippen molar-refractivity contribution in [2.24, 2.45) is 5.92 Å². The largest absolute Gasteiger partial charge is 0.478 e. The van der Waals surface area contributed by atoms with Gasteiger partial charge in [0.05, 0.1) is 6.20 Å². The van der Waals surface area contributed by atoms with Gasteiger partial charge in [0, 0.05) is 6.54 Å². The Morgan fingerprint density at radius 2 is 2.33 bits per heavy atom. The summed E-state index contributed by atoms with van der Waals surface area (Å²) in [6.07, 6.45) is 0.995. The molecule has 15 heavy (non-hydrogen) atoms. The van der Waals surface area contributed by atoms with Crippen LogP contribution in [0.25, 0.3) is 0 Å². The molecule has 2 N–H and O–H groups in total. The first-order chi connectivity index (χ1) is 7.00. The molecular weight excluding hydrogens is 199 g/mol. The molecule has 0 radical (unpaired) electrons. The van der Waals surface area contributed by atoms with Gasteiger partial charge in [0.2, 0.25) is 0 Å². The van der Waals surface area contributed by atoms with Crippen molar-refractivity contribution in [2.75, 3.05) is 11.9 Å². The van der Waals surface area contributed by atoms with Gasteiger partial charge in [-0.15, -0.1) is 0 Å². The van der Waals surface area contributed by atoms with Gasteiger partial charge in [0.25, 0.3) is 0 Å². The van der Waals surface area contributed by atoms with Crippen molar-refractivity contribution in [1.29, 1.82) is 0 Å². The number of hydrogen-bond donors (Lipinski definition) is 2. The van der Waals surface area contributed by atoms with Crippen LogP contribution in [0.4, 0.5) is 10.2 Å². The molecule has 1 rings (SSSR count). The van der Waals surface area contributed by atoms with Gasteiger partial charge in [-0.3, -0.25) is 0 Å². The Morgan fingerprint density at radius 3 is 2.87 bits per heavy atom. The summed E-state index contributed by atoms with van der Waals surface area (Å²) in [5.41, 5.74) is -0.143. The van der Waals surface area contributed by atoms with E-state index in [4.69, 9.17) is 5.11 Å². The van der Waals surface area contributed by atoms with E-state index < -0.39 is 11.8 Å². The lowest BCUT2D eigenvalue weighted by Crippen LogP contribution is -2.13. The molecule has 0 saturated carbocycles. The molecule has 4 nitrogen and oxygen atoms in total. The Hall–Kier alpha value is -1.65. The number of carboxylic acids is 1. The number of anilines is 1. The molecule has 0 aliphatic carbocycles. The SMILES string of the molecule is CC(C)CNc1ncc(F)cc1C(=O)O. The molecule has 0 unspecified atom stereocenters. The van der Waals surface area contributed by atoms with Crippen LogP contribution in [0.2, 0.25) is 0 Å². The summed E-state index contributed by atoms with van der Waals surface area (Å²) in [7, 11) is 0. The first-order valence-corrected chi connectivity index (χ1v) is 4.63. The number of nitrogens with zero attached hydrogens (tertiary/aromatic N) is 1. The van der Waals surface area contributed by atoms with Gasteiger partial charge in [0.1, 0.15) is 17.2 Å². The smallest absolute Gasteiger partial charge is 0.339 e. The van der Waals surface area contributed by atoms with Crippen LogP contribution in [-0.4, -0.2) is 22.6 Å². The van der Waals surface area contributed by atoms with Crippen LogP contribution < -0.4 is 5.32 Å². The summed E-state index contributed by atoms with van der Waals surface area (Å²) in [5, 5.41) is 11.7. The molecule has 5 heteroatoms. The zero-order valence-corrected chi connectivity index (χ0v) is 8.62. The maximum absolute atomic E-state index is 12.8. The van der Waals surface area contributed by atoms with Crippen molar-refractivity contribution in [3.05, 3.63) is 23.6 Å². The number of aromatic nitrogens is 1. The van der Waals surface area contributed by atoms with Crippen molar-refractivity contribution < 1.29 is 14.3 Å². The predicted octanol–water partition coefficient (Wildman–Crippen LogP) is 1.99. The molecule has 1 aromatic heterocycles. The number of hydrogen-bond acceptors (Lipinski definition) is 3. The average molecular weight is 212 g/mol. The fraction of sp³-hybridized carbons (Fsp3) is 0.400. The lowest BCUT2D eigenvalue weighted by molar-refractivity contribution is 0.0697. The van der Waals surface area contributed by atoms with Crippen LogP contribution in [0.5, 0.6) is 0 Å². The van der Waals surface area contributed by atoms with Crippen LogP contribution in [0.3, 0.4) is 0 Å². The number of halogens is 1. The fourth-order valence-electron chi connectivity index (χ4n) is 1.04. The lowest BCUT2D eigenvalue weighted by atomic mass is 10.2. The highest BCUT2D eigenvalue weighted by molar-refractivity contribution is 5.93. The van der Waals surface area contributed by atoms with Crippen molar-refractivity contribution in [2.45, 2.75) is 13.8 Å². The van der Waals surface area contributed by atoms with E-state index in [9.17, 15) is 9.18 Å². The number of rotatable bonds is 4. The topological polar surface area (TPSA) is 62.2 Å². The van der Waals surface area contributed by atoms with Gasteiger partial charge in [-0.05, 0) is 12.0 Å². The van der Waals surface area contributed by atoms with Gasteiger partial charge in [0.15, 0.2) is 0 Å². The average Bonchev–Trinajstić information content (AvgIpc) is 2.15. The molecule has 0 aromatic carbocycles. The van der Waals surface area contributed by atoms with Gasteiger partial charge >= 0.3 is 5.97 Å². The third kappa shape index (κ3) is 3.19. The van der Waals surface area contributed by atoms with Crippen LogP contribution in [0.1, 0.15) is 24.2 Å². The van der Waals surface area contributed by atoms with Crippen molar-refractivity contribution in [3.8, 4) is 0 Å². The number of carboxylic acid groups (broad SMARTS) is 1. The first-order valence-electron chi connectivity index (χ1n) is 4.63. The monoisotopic (exact) mass is 212 g/mol. The molecule has 0 fully saturated rings. The molecular formula is C10H13FN2O2. The minimum Gasteiger partial charge on any atom is -0.478 e. The quantitative estimate of drug-likeness (QED) is 0.801. The van der Waals surface area contributed by atoms with Crippen molar-refractivity contribution in [1.82, 2.24) is 4.98 Å². The minimum atomic E-state index is -1.19. The number of nitrogens with one attached hydrogen (secondary N) is 1.